The van der Waals surface area contributed by atoms with Crippen molar-refractivity contribution >= 4 is 24.0 Å². The van der Waals surface area contributed by atoms with Gasteiger partial charge in [0, 0.05) is 23.3 Å². The number of nitrogens with one attached hydrogen (secondary N) is 2. The number of hydrogen-bond donors (Lipinski definition) is 2. The quantitative estimate of drug-likeness (QED) is 0.619. The highest BCUT2D eigenvalue weighted by Crippen LogP contribution is 2.19. The van der Waals surface area contributed by atoms with Gasteiger partial charge < -0.3 is 9.47 Å². The van der Waals surface area contributed by atoms with Gasteiger partial charge in [0.1, 0.15) is 11.5 Å². The number of methoxy groups -OCH3 is 2. The van der Waals surface area contributed by atoms with Gasteiger partial charge in [-0.2, -0.15) is 0 Å². The van der Waals surface area contributed by atoms with E-state index in [1.165, 1.54) is 12.2 Å². The molecule has 0 saturated carbocycles. The Balaban J connectivity index is 1.87. The van der Waals surface area contributed by atoms with E-state index in [1.807, 2.05) is 36.4 Å². The molecular formula is C20H20N2O4. The number of benzene rings is 2. The zero-order valence-electron chi connectivity index (χ0n) is 14.6. The highest BCUT2D eigenvalue weighted by Gasteiger charge is 2.02. The largest absolute Gasteiger partial charge is 0.496 e. The van der Waals surface area contributed by atoms with E-state index in [9.17, 15) is 9.59 Å². The minimum atomic E-state index is -0.463. The summed E-state index contributed by atoms with van der Waals surface area (Å²) in [5.41, 5.74) is 6.13. The number of hydrogen-bond acceptors (Lipinski definition) is 4. The molecule has 2 aromatic rings. The predicted octanol–water partition coefficient (Wildman–Crippen LogP) is 2.58. The van der Waals surface area contributed by atoms with Crippen LogP contribution in [-0.2, 0) is 9.59 Å². The summed E-state index contributed by atoms with van der Waals surface area (Å²) in [6.45, 7) is 0. The van der Waals surface area contributed by atoms with E-state index in [4.69, 9.17) is 9.47 Å². The van der Waals surface area contributed by atoms with Crippen molar-refractivity contribution in [2.75, 3.05) is 14.2 Å². The van der Waals surface area contributed by atoms with Gasteiger partial charge in [-0.3, -0.25) is 20.4 Å². The Labute approximate surface area is 152 Å². The van der Waals surface area contributed by atoms with Crippen molar-refractivity contribution in [1.82, 2.24) is 10.9 Å². The number of carbonyl (C=O) groups is 2. The fourth-order valence-corrected chi connectivity index (χ4v) is 2.15. The van der Waals surface area contributed by atoms with Crippen LogP contribution in [0.4, 0.5) is 0 Å². The highest BCUT2D eigenvalue weighted by molar-refractivity contribution is 5.96. The van der Waals surface area contributed by atoms with Crippen molar-refractivity contribution in [2.24, 2.45) is 0 Å². The van der Waals surface area contributed by atoms with Crippen LogP contribution in [0.2, 0.25) is 0 Å². The summed E-state index contributed by atoms with van der Waals surface area (Å²) in [4.78, 5) is 23.6. The third-order valence-electron chi connectivity index (χ3n) is 3.42. The van der Waals surface area contributed by atoms with E-state index in [2.05, 4.69) is 10.9 Å². The van der Waals surface area contributed by atoms with Crippen molar-refractivity contribution in [1.29, 1.82) is 0 Å². The first kappa shape index (κ1) is 18.8. The van der Waals surface area contributed by atoms with Gasteiger partial charge in [-0.1, -0.05) is 36.4 Å². The van der Waals surface area contributed by atoms with Crippen LogP contribution < -0.4 is 20.3 Å². The van der Waals surface area contributed by atoms with Gasteiger partial charge in [0.2, 0.25) is 0 Å². The van der Waals surface area contributed by atoms with Crippen molar-refractivity contribution in [2.45, 2.75) is 0 Å². The fraction of sp³-hybridized carbons (Fsp3) is 0.100. The molecule has 0 saturated heterocycles. The van der Waals surface area contributed by atoms with Gasteiger partial charge in [0.05, 0.1) is 14.2 Å². The van der Waals surface area contributed by atoms with Crippen molar-refractivity contribution < 1.29 is 19.1 Å². The SMILES string of the molecule is COc1ccccc1/C=C/C(=O)NNC(=O)/C=C/c1ccccc1OC. The molecule has 2 amide bonds. The second kappa shape index (κ2) is 9.68. The molecule has 2 N–H and O–H groups in total. The molecule has 0 atom stereocenters. The Bertz CT molecular complexity index is 759. The average Bonchev–Trinajstić information content (AvgIpc) is 2.69. The minimum absolute atomic E-state index is 0.463. The molecule has 0 aliphatic carbocycles. The van der Waals surface area contributed by atoms with Crippen molar-refractivity contribution in [3.05, 3.63) is 71.8 Å². The van der Waals surface area contributed by atoms with E-state index < -0.39 is 11.8 Å². The Morgan fingerprint density at radius 1 is 0.731 bits per heavy atom. The van der Waals surface area contributed by atoms with Gasteiger partial charge >= 0.3 is 0 Å². The van der Waals surface area contributed by atoms with Crippen LogP contribution in [0.3, 0.4) is 0 Å². The molecule has 2 rings (SSSR count). The van der Waals surface area contributed by atoms with Crippen LogP contribution in [0.1, 0.15) is 11.1 Å². The summed E-state index contributed by atoms with van der Waals surface area (Å²) in [6, 6.07) is 14.6. The number of hydrazine groups is 1. The summed E-state index contributed by atoms with van der Waals surface area (Å²) >= 11 is 0. The molecule has 26 heavy (non-hydrogen) atoms. The van der Waals surface area contributed by atoms with E-state index in [0.29, 0.717) is 11.5 Å². The van der Waals surface area contributed by atoms with E-state index in [-0.39, 0.29) is 0 Å². The topological polar surface area (TPSA) is 76.7 Å². The number of rotatable bonds is 6. The second-order valence-corrected chi connectivity index (χ2v) is 5.13. The second-order valence-electron chi connectivity index (χ2n) is 5.13. The summed E-state index contributed by atoms with van der Waals surface area (Å²) < 4.78 is 10.4. The van der Waals surface area contributed by atoms with Gasteiger partial charge in [-0.15, -0.1) is 0 Å². The van der Waals surface area contributed by atoms with Gasteiger partial charge in [0.25, 0.3) is 11.8 Å². The number of amides is 2. The average molecular weight is 352 g/mol. The van der Waals surface area contributed by atoms with Crippen LogP contribution in [0.25, 0.3) is 12.2 Å². The summed E-state index contributed by atoms with van der Waals surface area (Å²) in [5.74, 6) is 0.380. The molecule has 134 valence electrons. The fourth-order valence-electron chi connectivity index (χ4n) is 2.15. The first-order valence-corrected chi connectivity index (χ1v) is 7.86. The number of ether oxygens (including phenoxy) is 2. The van der Waals surface area contributed by atoms with Crippen LogP contribution in [-0.4, -0.2) is 26.0 Å². The summed E-state index contributed by atoms with van der Waals surface area (Å²) in [5, 5.41) is 0. The molecule has 0 spiro atoms. The highest BCUT2D eigenvalue weighted by atomic mass is 16.5. The molecule has 0 aromatic heterocycles. The van der Waals surface area contributed by atoms with Gasteiger partial charge in [-0.05, 0) is 24.3 Å². The van der Waals surface area contributed by atoms with Crippen LogP contribution in [0.5, 0.6) is 11.5 Å². The lowest BCUT2D eigenvalue weighted by atomic mass is 10.2. The van der Waals surface area contributed by atoms with Crippen LogP contribution in [0, 0.1) is 0 Å². The lowest BCUT2D eigenvalue weighted by Crippen LogP contribution is -2.39. The lowest BCUT2D eigenvalue weighted by molar-refractivity contribution is -0.123. The van der Waals surface area contributed by atoms with Crippen LogP contribution in [0.15, 0.2) is 60.7 Å². The molecule has 0 radical (unpaired) electrons. The predicted molar refractivity (Wildman–Crippen MR) is 100 cm³/mol. The smallest absolute Gasteiger partial charge is 0.262 e. The third kappa shape index (κ3) is 5.52. The maximum Gasteiger partial charge on any atom is 0.262 e. The molecular weight excluding hydrogens is 332 g/mol. The lowest BCUT2D eigenvalue weighted by Gasteiger charge is -2.05. The zero-order chi connectivity index (χ0) is 18.8. The molecule has 6 nitrogen and oxygen atoms in total. The molecule has 0 heterocycles. The third-order valence-corrected chi connectivity index (χ3v) is 3.42. The molecule has 0 fully saturated rings. The van der Waals surface area contributed by atoms with Crippen molar-refractivity contribution in [3.8, 4) is 11.5 Å². The van der Waals surface area contributed by atoms with E-state index in [0.717, 1.165) is 11.1 Å². The molecule has 2 aromatic carbocycles. The first-order valence-electron chi connectivity index (χ1n) is 7.86. The maximum atomic E-state index is 11.8. The molecule has 0 aliphatic heterocycles. The Morgan fingerprint density at radius 2 is 1.12 bits per heavy atom. The minimum Gasteiger partial charge on any atom is -0.496 e. The first-order chi connectivity index (χ1) is 12.6. The summed E-state index contributed by atoms with van der Waals surface area (Å²) in [6.07, 6.45) is 5.82. The molecule has 0 aliphatic rings. The molecule has 6 heteroatoms. The Morgan fingerprint density at radius 3 is 1.50 bits per heavy atom. The Hall–Kier alpha value is -3.54. The van der Waals surface area contributed by atoms with Crippen molar-refractivity contribution in [3.63, 3.8) is 0 Å². The van der Waals surface area contributed by atoms with Gasteiger partial charge in [0.15, 0.2) is 0 Å². The summed E-state index contributed by atoms with van der Waals surface area (Å²) in [7, 11) is 3.11. The number of para-hydroxylation sites is 2. The van der Waals surface area contributed by atoms with Gasteiger partial charge in [-0.25, -0.2) is 0 Å². The standard InChI is InChI=1S/C20H20N2O4/c1-25-17-9-5-3-7-15(17)11-13-19(23)21-22-20(24)14-12-16-8-4-6-10-18(16)26-2/h3-14H,1-2H3,(H,21,23)(H,22,24)/b13-11+,14-12+. The van der Waals surface area contributed by atoms with E-state index in [1.54, 1.807) is 38.5 Å². The maximum absolute atomic E-state index is 11.8. The zero-order valence-corrected chi connectivity index (χ0v) is 14.6. The monoisotopic (exact) mass is 352 g/mol. The normalized spacial score (nSPS) is 10.7. The number of carbonyl (C=O) groups excluding carboxylic acids is 2. The van der Waals surface area contributed by atoms with Crippen LogP contribution >= 0.6 is 0 Å². The molecule has 0 unspecified atom stereocenters. The Kier molecular flexibility index (Phi) is 7.00. The molecule has 0 bridgehead atoms. The van der Waals surface area contributed by atoms with E-state index >= 15 is 0 Å².